The van der Waals surface area contributed by atoms with Crippen LogP contribution in [0.25, 0.3) is 0 Å². The maximum absolute atomic E-state index is 12.8. The van der Waals surface area contributed by atoms with E-state index in [1.807, 2.05) is 12.1 Å². The van der Waals surface area contributed by atoms with Gasteiger partial charge in [-0.3, -0.25) is 9.69 Å². The number of nitrogens with two attached hydrogens (primary N) is 1. The van der Waals surface area contributed by atoms with Crippen LogP contribution in [-0.2, 0) is 16.1 Å². The van der Waals surface area contributed by atoms with Crippen LogP contribution in [0.15, 0.2) is 60.0 Å². The molecule has 0 radical (unpaired) electrons. The highest BCUT2D eigenvalue weighted by molar-refractivity contribution is 5.92. The van der Waals surface area contributed by atoms with Gasteiger partial charge in [0, 0.05) is 45.3 Å². The molecule has 5 heteroatoms. The molecule has 1 saturated carbocycles. The van der Waals surface area contributed by atoms with E-state index in [2.05, 4.69) is 54.5 Å². The number of ether oxygens (including phenoxy) is 1. The van der Waals surface area contributed by atoms with Gasteiger partial charge >= 0.3 is 0 Å². The summed E-state index contributed by atoms with van der Waals surface area (Å²) >= 11 is 0. The zero-order valence-corrected chi connectivity index (χ0v) is 21.4. The zero-order chi connectivity index (χ0) is 24.5. The largest absolute Gasteiger partial charge is 0.485 e. The van der Waals surface area contributed by atoms with Crippen molar-refractivity contribution in [2.24, 2.45) is 5.92 Å². The minimum atomic E-state index is 0.0162. The number of benzene rings is 1. The lowest BCUT2D eigenvalue weighted by atomic mass is 9.97. The summed E-state index contributed by atoms with van der Waals surface area (Å²) in [4.78, 5) is 17.6. The highest BCUT2D eigenvalue weighted by atomic mass is 16.5. The van der Waals surface area contributed by atoms with Crippen molar-refractivity contribution >= 4 is 11.5 Å². The summed E-state index contributed by atoms with van der Waals surface area (Å²) in [6, 6.07) is 8.13. The SMILES string of the molecule is C=C(C)C(C)C/C=C/C(=C(/OC1CCCCC1)C(C)=O)N1CCN(Cc2ccc(N)cc2)CC1. The fraction of sp³-hybridized carbons (Fsp3) is 0.552. The fourth-order valence-electron chi connectivity index (χ4n) is 4.61. The summed E-state index contributed by atoms with van der Waals surface area (Å²) in [5, 5.41) is 0. The van der Waals surface area contributed by atoms with Gasteiger partial charge in [-0.15, -0.1) is 0 Å². The van der Waals surface area contributed by atoms with Crippen molar-refractivity contribution in [3.8, 4) is 0 Å². The second kappa shape index (κ2) is 12.8. The maximum atomic E-state index is 12.8. The van der Waals surface area contributed by atoms with E-state index in [-0.39, 0.29) is 11.9 Å². The summed E-state index contributed by atoms with van der Waals surface area (Å²) in [6.07, 6.45) is 11.1. The number of allylic oxidation sites excluding steroid dienone is 4. The van der Waals surface area contributed by atoms with Crippen LogP contribution in [0.4, 0.5) is 5.69 Å². The first-order chi connectivity index (χ1) is 16.3. The van der Waals surface area contributed by atoms with E-state index in [0.717, 1.165) is 63.4 Å². The van der Waals surface area contributed by atoms with Crippen molar-refractivity contribution in [1.29, 1.82) is 0 Å². The molecule has 1 aliphatic heterocycles. The van der Waals surface area contributed by atoms with Crippen LogP contribution in [0.1, 0.15) is 64.9 Å². The molecular formula is C29H43N3O2. The standard InChI is InChI=1S/C29H43N3O2/c1-22(2)23(3)9-8-12-28(29(24(4)33)34-27-10-6-5-7-11-27)32-19-17-31(18-20-32)21-25-13-15-26(30)16-14-25/h8,12-16,23,27H,1,5-7,9-11,17-21,30H2,2-4H3/b12-8+,29-28-. The van der Waals surface area contributed by atoms with Gasteiger partial charge in [0.25, 0.3) is 0 Å². The third-order valence-electron chi connectivity index (χ3n) is 7.09. The number of hydrogen-bond donors (Lipinski definition) is 1. The van der Waals surface area contributed by atoms with E-state index in [0.29, 0.717) is 11.7 Å². The van der Waals surface area contributed by atoms with Crippen LogP contribution < -0.4 is 5.73 Å². The molecule has 1 atom stereocenters. The Morgan fingerprint density at radius 2 is 1.76 bits per heavy atom. The number of carbonyl (C=O) groups is 1. The molecule has 5 nitrogen and oxygen atoms in total. The third-order valence-corrected chi connectivity index (χ3v) is 7.09. The molecule has 0 spiro atoms. The lowest BCUT2D eigenvalue weighted by Crippen LogP contribution is -2.45. The number of ketones is 1. The molecule has 34 heavy (non-hydrogen) atoms. The monoisotopic (exact) mass is 465 g/mol. The van der Waals surface area contributed by atoms with Crippen molar-refractivity contribution < 1.29 is 9.53 Å². The fourth-order valence-corrected chi connectivity index (χ4v) is 4.61. The molecule has 2 N–H and O–H groups in total. The van der Waals surface area contributed by atoms with Crippen LogP contribution in [0, 0.1) is 5.92 Å². The number of nitrogen functional groups attached to an aromatic ring is 1. The molecule has 1 aromatic rings. The van der Waals surface area contributed by atoms with Gasteiger partial charge in [-0.1, -0.05) is 43.7 Å². The summed E-state index contributed by atoms with van der Waals surface area (Å²) in [5.41, 5.74) is 10.0. The Hall–Kier alpha value is -2.53. The Kier molecular flexibility index (Phi) is 9.82. The number of nitrogens with zero attached hydrogens (tertiary/aromatic N) is 2. The Labute approximate surface area is 206 Å². The van der Waals surface area contributed by atoms with Gasteiger partial charge in [-0.2, -0.15) is 0 Å². The van der Waals surface area contributed by atoms with Gasteiger partial charge < -0.3 is 15.4 Å². The Bertz CT molecular complexity index is 873. The van der Waals surface area contributed by atoms with Crippen molar-refractivity contribution in [1.82, 2.24) is 9.80 Å². The smallest absolute Gasteiger partial charge is 0.196 e. The van der Waals surface area contributed by atoms with E-state index in [1.165, 1.54) is 30.4 Å². The van der Waals surface area contributed by atoms with Crippen LogP contribution in [0.5, 0.6) is 0 Å². The van der Waals surface area contributed by atoms with Gasteiger partial charge in [0.15, 0.2) is 11.5 Å². The number of hydrogen-bond acceptors (Lipinski definition) is 5. The molecule has 186 valence electrons. The number of anilines is 1. The van der Waals surface area contributed by atoms with Crippen LogP contribution in [0.3, 0.4) is 0 Å². The summed E-state index contributed by atoms with van der Waals surface area (Å²) in [7, 11) is 0. The summed E-state index contributed by atoms with van der Waals surface area (Å²) < 4.78 is 6.40. The highest BCUT2D eigenvalue weighted by Gasteiger charge is 2.25. The van der Waals surface area contributed by atoms with E-state index in [9.17, 15) is 4.79 Å². The van der Waals surface area contributed by atoms with Gasteiger partial charge in [0.2, 0.25) is 0 Å². The molecule has 1 saturated heterocycles. The third kappa shape index (κ3) is 7.76. The maximum Gasteiger partial charge on any atom is 0.196 e. The molecule has 1 unspecified atom stereocenters. The Morgan fingerprint density at radius 3 is 2.35 bits per heavy atom. The lowest BCUT2D eigenvalue weighted by Gasteiger charge is -2.37. The predicted octanol–water partition coefficient (Wildman–Crippen LogP) is 5.69. The summed E-state index contributed by atoms with van der Waals surface area (Å²) in [6.45, 7) is 14.5. The molecule has 0 aromatic heterocycles. The van der Waals surface area contributed by atoms with Crippen LogP contribution in [-0.4, -0.2) is 47.9 Å². The normalized spacial score (nSPS) is 19.7. The first-order valence-corrected chi connectivity index (χ1v) is 12.9. The second-order valence-corrected chi connectivity index (χ2v) is 10.0. The van der Waals surface area contributed by atoms with Crippen molar-refractivity contribution in [3.05, 3.63) is 65.6 Å². The Balaban J connectivity index is 1.74. The number of Topliss-reactive ketones (excluding diaryl/α,β-unsaturated/α-hetero) is 1. The van der Waals surface area contributed by atoms with Gasteiger partial charge in [0.05, 0.1) is 11.8 Å². The molecule has 0 bridgehead atoms. The average molecular weight is 466 g/mol. The van der Waals surface area contributed by atoms with E-state index < -0.39 is 0 Å². The molecule has 3 rings (SSSR count). The number of piperazine rings is 1. The predicted molar refractivity (Wildman–Crippen MR) is 141 cm³/mol. The highest BCUT2D eigenvalue weighted by Crippen LogP contribution is 2.26. The molecular weight excluding hydrogens is 422 g/mol. The van der Waals surface area contributed by atoms with Gasteiger partial charge in [0.1, 0.15) is 0 Å². The quantitative estimate of drug-likeness (QED) is 0.158. The molecule has 2 aliphatic rings. The minimum Gasteiger partial charge on any atom is -0.485 e. The van der Waals surface area contributed by atoms with Crippen molar-refractivity contribution in [2.75, 3.05) is 31.9 Å². The number of carbonyl (C=O) groups excluding carboxylic acids is 1. The lowest BCUT2D eigenvalue weighted by molar-refractivity contribution is -0.118. The Morgan fingerprint density at radius 1 is 1.12 bits per heavy atom. The molecule has 1 aromatic carbocycles. The van der Waals surface area contributed by atoms with Gasteiger partial charge in [-0.05, 0) is 68.7 Å². The van der Waals surface area contributed by atoms with Crippen molar-refractivity contribution in [3.63, 3.8) is 0 Å². The second-order valence-electron chi connectivity index (χ2n) is 10.0. The first kappa shape index (κ1) is 26.1. The van der Waals surface area contributed by atoms with Gasteiger partial charge in [-0.25, -0.2) is 0 Å². The van der Waals surface area contributed by atoms with Crippen LogP contribution in [0.2, 0.25) is 0 Å². The van der Waals surface area contributed by atoms with E-state index >= 15 is 0 Å². The van der Waals surface area contributed by atoms with E-state index in [4.69, 9.17) is 10.5 Å². The topological polar surface area (TPSA) is 58.8 Å². The molecule has 0 amide bonds. The first-order valence-electron chi connectivity index (χ1n) is 12.9. The zero-order valence-electron chi connectivity index (χ0n) is 21.4. The molecule has 1 heterocycles. The molecule has 2 fully saturated rings. The average Bonchev–Trinajstić information content (AvgIpc) is 2.83. The minimum absolute atomic E-state index is 0.0162. The summed E-state index contributed by atoms with van der Waals surface area (Å²) in [5.74, 6) is 0.967. The number of rotatable bonds is 10. The molecule has 1 aliphatic carbocycles. The van der Waals surface area contributed by atoms with Crippen LogP contribution >= 0.6 is 0 Å². The van der Waals surface area contributed by atoms with Crippen molar-refractivity contribution in [2.45, 2.75) is 71.9 Å². The van der Waals surface area contributed by atoms with E-state index in [1.54, 1.807) is 6.92 Å².